The Kier molecular flexibility index (Phi) is 3.17. The Morgan fingerprint density at radius 3 is 2.84 bits per heavy atom. The Morgan fingerprint density at radius 1 is 1.32 bits per heavy atom. The van der Waals surface area contributed by atoms with E-state index in [4.69, 9.17) is 0 Å². The molecular formula is C15H17N3O. The molecule has 0 unspecified atom stereocenters. The molecule has 1 aromatic carbocycles. The summed E-state index contributed by atoms with van der Waals surface area (Å²) in [6.45, 7) is 2.73. The van der Waals surface area contributed by atoms with Crippen molar-refractivity contribution in [3.63, 3.8) is 0 Å². The number of carbonyl (C=O) groups is 1. The number of fused-ring (bicyclic) bond motifs is 1. The molecular weight excluding hydrogens is 238 g/mol. The molecule has 1 aromatic heterocycles. The first-order chi connectivity index (χ1) is 9.28. The van der Waals surface area contributed by atoms with E-state index in [2.05, 4.69) is 34.3 Å². The van der Waals surface area contributed by atoms with Gasteiger partial charge in [-0.05, 0) is 5.56 Å². The maximum absolute atomic E-state index is 11.1. The molecule has 0 saturated heterocycles. The average molecular weight is 255 g/mol. The van der Waals surface area contributed by atoms with E-state index in [9.17, 15) is 4.79 Å². The van der Waals surface area contributed by atoms with Crippen LogP contribution in [0.4, 0.5) is 0 Å². The molecule has 0 spiro atoms. The predicted molar refractivity (Wildman–Crippen MR) is 72.9 cm³/mol. The fraction of sp³-hybridized carbons (Fsp3) is 0.333. The van der Waals surface area contributed by atoms with Crippen LogP contribution < -0.4 is 0 Å². The topological polar surface area (TPSA) is 38.1 Å². The summed E-state index contributed by atoms with van der Waals surface area (Å²) in [5, 5.41) is 4.42. The summed E-state index contributed by atoms with van der Waals surface area (Å²) in [6, 6.07) is 10.4. The van der Waals surface area contributed by atoms with Gasteiger partial charge in [0.2, 0.25) is 0 Å². The molecule has 0 bridgehead atoms. The fourth-order valence-electron chi connectivity index (χ4n) is 2.70. The highest BCUT2D eigenvalue weighted by Gasteiger charge is 2.23. The minimum atomic E-state index is 0.716. The molecule has 0 aliphatic carbocycles. The van der Waals surface area contributed by atoms with Crippen molar-refractivity contribution in [3.8, 4) is 0 Å². The van der Waals surface area contributed by atoms with Gasteiger partial charge < -0.3 is 0 Å². The quantitative estimate of drug-likeness (QED) is 0.785. The van der Waals surface area contributed by atoms with Crippen LogP contribution >= 0.6 is 0 Å². The van der Waals surface area contributed by atoms with Crippen LogP contribution in [-0.4, -0.2) is 27.5 Å². The van der Waals surface area contributed by atoms with Crippen LogP contribution in [0.2, 0.25) is 0 Å². The minimum absolute atomic E-state index is 0.716. The molecule has 98 valence electrons. The summed E-state index contributed by atoms with van der Waals surface area (Å²) in [4.78, 5) is 13.5. The van der Waals surface area contributed by atoms with Crippen LogP contribution in [0.3, 0.4) is 0 Å². The van der Waals surface area contributed by atoms with E-state index in [0.29, 0.717) is 5.69 Å². The van der Waals surface area contributed by atoms with E-state index in [1.165, 1.54) is 5.56 Å². The van der Waals surface area contributed by atoms with Crippen molar-refractivity contribution < 1.29 is 4.79 Å². The van der Waals surface area contributed by atoms with Gasteiger partial charge in [-0.3, -0.25) is 14.4 Å². The molecule has 1 aliphatic heterocycles. The largest absolute Gasteiger partial charge is 0.296 e. The molecule has 4 heteroatoms. The SMILES string of the molecule is Cn1nc2c(c1C=O)CN(Cc1ccccc1)CC2. The van der Waals surface area contributed by atoms with E-state index >= 15 is 0 Å². The lowest BCUT2D eigenvalue weighted by molar-refractivity contribution is 0.111. The van der Waals surface area contributed by atoms with Crippen molar-refractivity contribution >= 4 is 6.29 Å². The second-order valence-corrected chi connectivity index (χ2v) is 5.00. The van der Waals surface area contributed by atoms with Gasteiger partial charge >= 0.3 is 0 Å². The maximum Gasteiger partial charge on any atom is 0.168 e. The Hall–Kier alpha value is -1.94. The number of hydrogen-bond acceptors (Lipinski definition) is 3. The third kappa shape index (κ3) is 2.31. The zero-order valence-electron chi connectivity index (χ0n) is 11.0. The molecule has 4 nitrogen and oxygen atoms in total. The molecule has 19 heavy (non-hydrogen) atoms. The number of aromatic nitrogens is 2. The number of aryl methyl sites for hydroxylation is 1. The fourth-order valence-corrected chi connectivity index (χ4v) is 2.70. The Morgan fingerprint density at radius 2 is 2.11 bits per heavy atom. The third-order valence-electron chi connectivity index (χ3n) is 3.68. The van der Waals surface area contributed by atoms with Crippen LogP contribution in [0.25, 0.3) is 0 Å². The summed E-state index contributed by atoms with van der Waals surface area (Å²) in [7, 11) is 1.84. The zero-order valence-corrected chi connectivity index (χ0v) is 11.0. The Bertz CT molecular complexity index is 589. The standard InChI is InChI=1S/C15H17N3O/c1-17-15(11-19)13-10-18(8-7-14(13)16-17)9-12-5-3-2-4-6-12/h2-6,11H,7-10H2,1H3. The van der Waals surface area contributed by atoms with E-state index in [1.807, 2.05) is 13.1 Å². The molecule has 2 aromatic rings. The summed E-state index contributed by atoms with van der Waals surface area (Å²) in [6.07, 6.45) is 1.84. The van der Waals surface area contributed by atoms with E-state index < -0.39 is 0 Å². The molecule has 1 aliphatic rings. The highest BCUT2D eigenvalue weighted by molar-refractivity contribution is 5.75. The van der Waals surface area contributed by atoms with Gasteiger partial charge in [-0.2, -0.15) is 5.10 Å². The monoisotopic (exact) mass is 255 g/mol. The van der Waals surface area contributed by atoms with Gasteiger partial charge in [0.15, 0.2) is 6.29 Å². The lowest BCUT2D eigenvalue weighted by Crippen LogP contribution is -2.30. The number of aldehydes is 1. The van der Waals surface area contributed by atoms with Gasteiger partial charge in [-0.15, -0.1) is 0 Å². The van der Waals surface area contributed by atoms with Crippen molar-refractivity contribution in [1.82, 2.24) is 14.7 Å². The lowest BCUT2D eigenvalue weighted by atomic mass is 10.0. The highest BCUT2D eigenvalue weighted by atomic mass is 16.1. The van der Waals surface area contributed by atoms with Gasteiger partial charge in [-0.25, -0.2) is 0 Å². The van der Waals surface area contributed by atoms with Crippen LogP contribution in [0.1, 0.15) is 27.3 Å². The normalized spacial score (nSPS) is 15.2. The van der Waals surface area contributed by atoms with Gasteiger partial charge in [0.25, 0.3) is 0 Å². The molecule has 0 amide bonds. The van der Waals surface area contributed by atoms with E-state index in [-0.39, 0.29) is 0 Å². The number of hydrogen-bond donors (Lipinski definition) is 0. The first-order valence-corrected chi connectivity index (χ1v) is 6.54. The predicted octanol–water partition coefficient (Wildman–Crippen LogP) is 1.79. The maximum atomic E-state index is 11.1. The molecule has 0 saturated carbocycles. The van der Waals surface area contributed by atoms with Crippen molar-refractivity contribution in [3.05, 3.63) is 52.8 Å². The van der Waals surface area contributed by atoms with Crippen LogP contribution in [0.5, 0.6) is 0 Å². The van der Waals surface area contributed by atoms with Crippen molar-refractivity contribution in [1.29, 1.82) is 0 Å². The van der Waals surface area contributed by atoms with E-state index in [1.54, 1.807) is 4.68 Å². The summed E-state index contributed by atoms with van der Waals surface area (Å²) in [5.41, 5.74) is 4.20. The molecule has 0 radical (unpaired) electrons. The minimum Gasteiger partial charge on any atom is -0.296 e. The van der Waals surface area contributed by atoms with Crippen molar-refractivity contribution in [2.24, 2.45) is 7.05 Å². The van der Waals surface area contributed by atoms with Crippen molar-refractivity contribution in [2.45, 2.75) is 19.5 Å². The third-order valence-corrected chi connectivity index (χ3v) is 3.68. The summed E-state index contributed by atoms with van der Waals surface area (Å²) in [5.74, 6) is 0. The van der Waals surface area contributed by atoms with E-state index in [0.717, 1.165) is 43.6 Å². The van der Waals surface area contributed by atoms with Gasteiger partial charge in [-0.1, -0.05) is 30.3 Å². The van der Waals surface area contributed by atoms with Crippen molar-refractivity contribution in [2.75, 3.05) is 6.54 Å². The van der Waals surface area contributed by atoms with Crippen LogP contribution in [0, 0.1) is 0 Å². The van der Waals surface area contributed by atoms with Gasteiger partial charge in [0.05, 0.1) is 5.69 Å². The smallest absolute Gasteiger partial charge is 0.168 e. The molecule has 0 atom stereocenters. The second kappa shape index (κ2) is 4.97. The van der Waals surface area contributed by atoms with Gasteiger partial charge in [0.1, 0.15) is 5.69 Å². The zero-order chi connectivity index (χ0) is 13.2. The van der Waals surface area contributed by atoms with Crippen LogP contribution in [-0.2, 0) is 26.6 Å². The highest BCUT2D eigenvalue weighted by Crippen LogP contribution is 2.22. The first kappa shape index (κ1) is 12.1. The number of nitrogens with zero attached hydrogens (tertiary/aromatic N) is 3. The molecule has 0 fully saturated rings. The molecule has 0 N–H and O–H groups in total. The first-order valence-electron chi connectivity index (χ1n) is 6.54. The molecule has 2 heterocycles. The summed E-state index contributed by atoms with van der Waals surface area (Å²) < 4.78 is 1.70. The van der Waals surface area contributed by atoms with Crippen LogP contribution in [0.15, 0.2) is 30.3 Å². The van der Waals surface area contributed by atoms with Gasteiger partial charge in [0, 0.05) is 38.7 Å². The Labute approximate surface area is 112 Å². The second-order valence-electron chi connectivity index (χ2n) is 5.00. The number of carbonyl (C=O) groups excluding carboxylic acids is 1. The number of rotatable bonds is 3. The summed E-state index contributed by atoms with van der Waals surface area (Å²) >= 11 is 0. The average Bonchev–Trinajstić information content (AvgIpc) is 2.74. The number of benzene rings is 1. The lowest BCUT2D eigenvalue weighted by Gasteiger charge is -2.26. The molecule has 3 rings (SSSR count). The Balaban J connectivity index is 1.80.